The van der Waals surface area contributed by atoms with Crippen LogP contribution >= 0.6 is 0 Å². The van der Waals surface area contributed by atoms with E-state index >= 15 is 0 Å². The van der Waals surface area contributed by atoms with Crippen LogP contribution in [0.1, 0.15) is 65.2 Å². The molecular weight excluding hydrogens is 512 g/mol. The van der Waals surface area contributed by atoms with Gasteiger partial charge in [-0.15, -0.1) is 0 Å². The van der Waals surface area contributed by atoms with Crippen molar-refractivity contribution in [2.24, 2.45) is 0 Å². The molecule has 1 aromatic heterocycles. The smallest absolute Gasteiger partial charge is 0.258 e. The van der Waals surface area contributed by atoms with Gasteiger partial charge in [0.1, 0.15) is 5.75 Å². The lowest BCUT2D eigenvalue weighted by atomic mass is 9.93. The van der Waals surface area contributed by atoms with E-state index in [1.54, 1.807) is 29.2 Å². The number of benzene rings is 2. The first-order valence-corrected chi connectivity index (χ1v) is 14.2. The quantitative estimate of drug-likeness (QED) is 0.318. The van der Waals surface area contributed by atoms with E-state index in [4.69, 9.17) is 4.74 Å². The molecule has 212 valence electrons. The van der Waals surface area contributed by atoms with Crippen LogP contribution in [-0.2, 0) is 17.8 Å². The fraction of sp³-hybridized carbons (Fsp3) is 0.324. The minimum Gasteiger partial charge on any atom is -0.494 e. The second-order valence-electron chi connectivity index (χ2n) is 11.3. The van der Waals surface area contributed by atoms with Crippen molar-refractivity contribution in [2.75, 3.05) is 27.2 Å². The van der Waals surface area contributed by atoms with E-state index in [9.17, 15) is 9.59 Å². The molecule has 0 unspecified atom stereocenters. The number of carbonyl (C=O) groups is 2. The molecule has 2 aliphatic carbocycles. The third-order valence-electron chi connectivity index (χ3n) is 7.44. The van der Waals surface area contributed by atoms with Crippen molar-refractivity contribution in [2.45, 2.75) is 45.6 Å². The van der Waals surface area contributed by atoms with Gasteiger partial charge in [0, 0.05) is 30.4 Å². The fourth-order valence-corrected chi connectivity index (χ4v) is 5.08. The van der Waals surface area contributed by atoms with Crippen LogP contribution in [0.4, 0.5) is 0 Å². The number of carbonyl (C=O) groups excluding carboxylic acids is 2. The van der Waals surface area contributed by atoms with Crippen LogP contribution < -0.4 is 10.1 Å². The van der Waals surface area contributed by atoms with Crippen LogP contribution in [0.25, 0.3) is 6.08 Å². The standard InChI is InChI=1S/C34H38N4O3/c1-23(2)25-8-6-24(7-9-25)21-38-22-29(20-35-38)34(40)36-30-11-13-33(39)32(19-30)28-16-26-10-12-31(18-27(26)17-28)41-15-5-14-37(3)4/h6-12,17-20,22-23H,5,13-16,21H2,1-4H3,(H,36,40). The van der Waals surface area contributed by atoms with Gasteiger partial charge in [0.05, 0.1) is 24.9 Å². The molecule has 0 saturated carbocycles. The molecule has 2 aromatic carbocycles. The lowest BCUT2D eigenvalue weighted by molar-refractivity contribution is -0.114. The van der Waals surface area contributed by atoms with Gasteiger partial charge in [-0.05, 0) is 78.9 Å². The summed E-state index contributed by atoms with van der Waals surface area (Å²) in [5.74, 6) is 1.13. The highest BCUT2D eigenvalue weighted by Crippen LogP contribution is 2.34. The minimum atomic E-state index is -0.248. The average Bonchev–Trinajstić information content (AvgIpc) is 3.59. The summed E-state index contributed by atoms with van der Waals surface area (Å²) in [6.07, 6.45) is 10.8. The van der Waals surface area contributed by atoms with Crippen molar-refractivity contribution in [1.82, 2.24) is 20.0 Å². The summed E-state index contributed by atoms with van der Waals surface area (Å²) in [5, 5.41) is 7.34. The molecule has 0 radical (unpaired) electrons. The highest BCUT2D eigenvalue weighted by molar-refractivity contribution is 6.04. The zero-order valence-electron chi connectivity index (χ0n) is 24.3. The molecule has 7 nitrogen and oxygen atoms in total. The van der Waals surface area contributed by atoms with Gasteiger partial charge < -0.3 is 15.0 Å². The van der Waals surface area contributed by atoms with E-state index in [1.807, 2.05) is 12.1 Å². The molecule has 1 N–H and O–H groups in total. The molecular formula is C34H38N4O3. The van der Waals surface area contributed by atoms with Crippen molar-refractivity contribution in [3.05, 3.63) is 112 Å². The predicted octanol–water partition coefficient (Wildman–Crippen LogP) is 5.54. The fourth-order valence-electron chi connectivity index (χ4n) is 5.08. The Bertz CT molecular complexity index is 1520. The number of hydrogen-bond donors (Lipinski definition) is 1. The van der Waals surface area contributed by atoms with E-state index < -0.39 is 0 Å². The molecule has 1 heterocycles. The van der Waals surface area contributed by atoms with Crippen molar-refractivity contribution in [3.63, 3.8) is 0 Å². The first-order chi connectivity index (χ1) is 19.7. The Morgan fingerprint density at radius 1 is 1.12 bits per heavy atom. The molecule has 41 heavy (non-hydrogen) atoms. The van der Waals surface area contributed by atoms with Gasteiger partial charge in [0.15, 0.2) is 5.78 Å². The Morgan fingerprint density at radius 3 is 2.68 bits per heavy atom. The van der Waals surface area contributed by atoms with Gasteiger partial charge in [-0.1, -0.05) is 56.3 Å². The Labute approximate surface area is 242 Å². The summed E-state index contributed by atoms with van der Waals surface area (Å²) in [6, 6.07) is 14.6. The number of fused-ring (bicyclic) bond motifs is 1. The number of allylic oxidation sites excluding steroid dienone is 4. The monoisotopic (exact) mass is 550 g/mol. The molecule has 5 rings (SSSR count). The Balaban J connectivity index is 1.21. The molecule has 7 heteroatoms. The van der Waals surface area contributed by atoms with E-state index in [0.717, 1.165) is 35.4 Å². The van der Waals surface area contributed by atoms with Gasteiger partial charge in [-0.3, -0.25) is 14.3 Å². The first kappa shape index (κ1) is 28.3. The van der Waals surface area contributed by atoms with Gasteiger partial charge >= 0.3 is 0 Å². The molecule has 0 spiro atoms. The maximum atomic E-state index is 13.0. The second kappa shape index (κ2) is 12.5. The highest BCUT2D eigenvalue weighted by atomic mass is 16.5. The van der Waals surface area contributed by atoms with Crippen LogP contribution in [0.2, 0.25) is 0 Å². The highest BCUT2D eigenvalue weighted by Gasteiger charge is 2.24. The van der Waals surface area contributed by atoms with Crippen LogP contribution in [-0.4, -0.2) is 53.6 Å². The summed E-state index contributed by atoms with van der Waals surface area (Å²) >= 11 is 0. The number of Topliss-reactive ketones (excluding diaryl/α,β-unsaturated/α-hetero) is 1. The molecule has 1 amide bonds. The number of nitrogens with zero attached hydrogens (tertiary/aromatic N) is 3. The minimum absolute atomic E-state index is 0.0542. The number of ketones is 1. The lowest BCUT2D eigenvalue weighted by Crippen LogP contribution is -2.24. The molecule has 0 aliphatic heterocycles. The van der Waals surface area contributed by atoms with Crippen molar-refractivity contribution < 1.29 is 14.3 Å². The second-order valence-corrected chi connectivity index (χ2v) is 11.3. The van der Waals surface area contributed by atoms with Crippen molar-refractivity contribution in [1.29, 1.82) is 0 Å². The molecule has 0 saturated heterocycles. The lowest BCUT2D eigenvalue weighted by Gasteiger charge is -2.15. The van der Waals surface area contributed by atoms with E-state index in [-0.39, 0.29) is 18.1 Å². The Kier molecular flexibility index (Phi) is 8.64. The average molecular weight is 551 g/mol. The normalized spacial score (nSPS) is 14.6. The van der Waals surface area contributed by atoms with Crippen LogP contribution in [0.3, 0.4) is 0 Å². The molecule has 0 bridgehead atoms. The summed E-state index contributed by atoms with van der Waals surface area (Å²) < 4.78 is 7.70. The molecule has 2 aliphatic rings. The first-order valence-electron chi connectivity index (χ1n) is 14.2. The van der Waals surface area contributed by atoms with Gasteiger partial charge in [-0.25, -0.2) is 0 Å². The number of rotatable bonds is 11. The number of ether oxygens (including phenoxy) is 1. The number of nitrogens with one attached hydrogen (secondary N) is 1. The van der Waals surface area contributed by atoms with Crippen molar-refractivity contribution >= 4 is 17.8 Å². The Morgan fingerprint density at radius 2 is 1.93 bits per heavy atom. The number of hydrogen-bond acceptors (Lipinski definition) is 5. The number of amides is 1. The topological polar surface area (TPSA) is 76.5 Å². The third kappa shape index (κ3) is 7.11. The molecule has 0 fully saturated rings. The van der Waals surface area contributed by atoms with Crippen molar-refractivity contribution in [3.8, 4) is 5.75 Å². The largest absolute Gasteiger partial charge is 0.494 e. The van der Waals surface area contributed by atoms with E-state index in [0.29, 0.717) is 42.3 Å². The summed E-state index contributed by atoms with van der Waals surface area (Å²) in [7, 11) is 4.11. The zero-order chi connectivity index (χ0) is 28.9. The number of aromatic nitrogens is 2. The summed E-state index contributed by atoms with van der Waals surface area (Å²) in [5.41, 5.74) is 7.37. The van der Waals surface area contributed by atoms with E-state index in [2.05, 4.69) is 79.7 Å². The Hall–Kier alpha value is -4.23. The van der Waals surface area contributed by atoms with Gasteiger partial charge in [-0.2, -0.15) is 5.10 Å². The van der Waals surface area contributed by atoms with E-state index in [1.165, 1.54) is 11.1 Å². The maximum absolute atomic E-state index is 13.0. The van der Waals surface area contributed by atoms with Gasteiger partial charge in [0.25, 0.3) is 5.91 Å². The summed E-state index contributed by atoms with van der Waals surface area (Å²) in [4.78, 5) is 28.0. The summed E-state index contributed by atoms with van der Waals surface area (Å²) in [6.45, 7) is 6.58. The van der Waals surface area contributed by atoms with Crippen LogP contribution in [0.15, 0.2) is 83.9 Å². The maximum Gasteiger partial charge on any atom is 0.258 e. The third-order valence-corrected chi connectivity index (χ3v) is 7.44. The van der Waals surface area contributed by atoms with Gasteiger partial charge in [0.2, 0.25) is 0 Å². The molecule has 0 atom stereocenters. The SMILES string of the molecule is CC(C)c1ccc(Cn2cc(C(=O)NC3=CCC(=O)C(C4=Cc5cc(OCCCN(C)C)ccc5C4)=C3)cn2)cc1. The zero-order valence-corrected chi connectivity index (χ0v) is 24.3. The predicted molar refractivity (Wildman–Crippen MR) is 162 cm³/mol. The molecule has 3 aromatic rings. The van der Waals surface area contributed by atoms with Crippen LogP contribution in [0, 0.1) is 0 Å². The van der Waals surface area contributed by atoms with Crippen LogP contribution in [0.5, 0.6) is 5.75 Å².